The number of hydrogen-bond acceptors (Lipinski definition) is 2. The molecule has 0 aliphatic heterocycles. The normalized spacial score (nSPS) is 18.6. The minimum atomic E-state index is -0.371. The van der Waals surface area contributed by atoms with Gasteiger partial charge in [-0.25, -0.2) is 0 Å². The molecule has 0 amide bonds. The van der Waals surface area contributed by atoms with Crippen molar-refractivity contribution in [1.82, 2.24) is 0 Å². The minimum absolute atomic E-state index is 0.371. The van der Waals surface area contributed by atoms with Crippen LogP contribution in [0.3, 0.4) is 0 Å². The van der Waals surface area contributed by atoms with E-state index in [9.17, 15) is 5.11 Å². The topological polar surface area (TPSA) is 23.5 Å². The summed E-state index contributed by atoms with van der Waals surface area (Å²) in [4.78, 5) is 2.52. The van der Waals surface area contributed by atoms with E-state index in [4.69, 9.17) is 0 Å². The fourth-order valence-corrected chi connectivity index (χ4v) is 2.99. The van der Waals surface area contributed by atoms with Gasteiger partial charge in [-0.15, -0.1) is 0 Å². The van der Waals surface area contributed by atoms with E-state index in [1.165, 1.54) is 37.8 Å². The molecule has 2 nitrogen and oxygen atoms in total. The Morgan fingerprint density at radius 2 is 1.78 bits per heavy atom. The maximum atomic E-state index is 9.55. The zero-order chi connectivity index (χ0) is 13.0. The standard InChI is InChI=1S/C16H25NO/c1-3-17(15-7-5-4-6-8-15)16-11-9-14(10-12-16)13(2)18/h9-13,15,18H,3-8H2,1-2H3. The number of anilines is 1. The second kappa shape index (κ2) is 6.24. The van der Waals surface area contributed by atoms with Gasteiger partial charge in [0.05, 0.1) is 6.10 Å². The lowest BCUT2D eigenvalue weighted by atomic mass is 9.93. The molecule has 0 heterocycles. The number of benzene rings is 1. The maximum Gasteiger partial charge on any atom is 0.0761 e. The molecule has 1 aliphatic carbocycles. The molecule has 1 atom stereocenters. The van der Waals surface area contributed by atoms with Crippen LogP contribution in [0.4, 0.5) is 5.69 Å². The number of aliphatic hydroxyl groups excluding tert-OH is 1. The first-order valence-corrected chi connectivity index (χ1v) is 7.27. The Morgan fingerprint density at radius 3 is 2.28 bits per heavy atom. The summed E-state index contributed by atoms with van der Waals surface area (Å²) in [5.41, 5.74) is 2.30. The van der Waals surface area contributed by atoms with E-state index in [0.717, 1.165) is 12.1 Å². The van der Waals surface area contributed by atoms with E-state index in [2.05, 4.69) is 24.0 Å². The third-order valence-corrected chi connectivity index (χ3v) is 4.06. The van der Waals surface area contributed by atoms with Gasteiger partial charge in [0.1, 0.15) is 0 Å². The van der Waals surface area contributed by atoms with Gasteiger partial charge in [0.2, 0.25) is 0 Å². The highest BCUT2D eigenvalue weighted by molar-refractivity contribution is 5.48. The number of aliphatic hydroxyl groups is 1. The third-order valence-electron chi connectivity index (χ3n) is 4.06. The SMILES string of the molecule is CCN(c1ccc(C(C)O)cc1)C1CCCCC1. The molecular formula is C16H25NO. The van der Waals surface area contributed by atoms with Crippen molar-refractivity contribution < 1.29 is 5.11 Å². The second-order valence-electron chi connectivity index (χ2n) is 5.35. The molecule has 2 rings (SSSR count). The van der Waals surface area contributed by atoms with Crippen LogP contribution in [0.25, 0.3) is 0 Å². The Labute approximate surface area is 111 Å². The molecule has 1 fully saturated rings. The zero-order valence-electron chi connectivity index (χ0n) is 11.6. The Balaban J connectivity index is 2.11. The predicted molar refractivity (Wildman–Crippen MR) is 77.0 cm³/mol. The molecule has 0 spiro atoms. The fraction of sp³-hybridized carbons (Fsp3) is 0.625. The van der Waals surface area contributed by atoms with Crippen molar-refractivity contribution in [1.29, 1.82) is 0 Å². The molecule has 0 aromatic heterocycles. The molecule has 18 heavy (non-hydrogen) atoms. The first-order chi connectivity index (χ1) is 8.72. The molecule has 0 radical (unpaired) electrons. The second-order valence-corrected chi connectivity index (χ2v) is 5.35. The van der Waals surface area contributed by atoms with Crippen LogP contribution in [0.1, 0.15) is 57.6 Å². The molecule has 1 unspecified atom stereocenters. The smallest absolute Gasteiger partial charge is 0.0761 e. The summed E-state index contributed by atoms with van der Waals surface area (Å²) in [6.45, 7) is 5.11. The van der Waals surface area contributed by atoms with Crippen molar-refractivity contribution in [2.45, 2.75) is 58.1 Å². The Hall–Kier alpha value is -1.02. The largest absolute Gasteiger partial charge is 0.389 e. The highest BCUT2D eigenvalue weighted by Gasteiger charge is 2.20. The summed E-state index contributed by atoms with van der Waals surface area (Å²) < 4.78 is 0. The lowest BCUT2D eigenvalue weighted by Gasteiger charge is -2.35. The first-order valence-electron chi connectivity index (χ1n) is 7.27. The highest BCUT2D eigenvalue weighted by atomic mass is 16.3. The molecule has 0 bridgehead atoms. The van der Waals surface area contributed by atoms with Gasteiger partial charge >= 0.3 is 0 Å². The van der Waals surface area contributed by atoms with Gasteiger partial charge in [0, 0.05) is 18.3 Å². The summed E-state index contributed by atoms with van der Waals surface area (Å²) in [5, 5.41) is 9.55. The van der Waals surface area contributed by atoms with Crippen LogP contribution in [0.2, 0.25) is 0 Å². The van der Waals surface area contributed by atoms with Crippen molar-refractivity contribution in [3.05, 3.63) is 29.8 Å². The molecule has 1 aromatic rings. The van der Waals surface area contributed by atoms with Crippen LogP contribution < -0.4 is 4.90 Å². The molecule has 100 valence electrons. The zero-order valence-corrected chi connectivity index (χ0v) is 11.6. The van der Waals surface area contributed by atoms with Gasteiger partial charge in [-0.3, -0.25) is 0 Å². The van der Waals surface area contributed by atoms with Gasteiger partial charge in [-0.05, 0) is 44.4 Å². The number of hydrogen-bond donors (Lipinski definition) is 1. The van der Waals surface area contributed by atoms with Crippen LogP contribution in [-0.4, -0.2) is 17.7 Å². The average Bonchev–Trinajstić information content (AvgIpc) is 2.41. The van der Waals surface area contributed by atoms with Gasteiger partial charge in [-0.1, -0.05) is 31.4 Å². The van der Waals surface area contributed by atoms with Gasteiger partial charge in [0.15, 0.2) is 0 Å². The molecule has 1 saturated carbocycles. The molecule has 0 saturated heterocycles. The van der Waals surface area contributed by atoms with Gasteiger partial charge < -0.3 is 10.0 Å². The summed E-state index contributed by atoms with van der Waals surface area (Å²) in [6.07, 6.45) is 6.41. The van der Waals surface area contributed by atoms with Gasteiger partial charge in [-0.2, -0.15) is 0 Å². The van der Waals surface area contributed by atoms with Gasteiger partial charge in [0.25, 0.3) is 0 Å². The molecule has 2 heteroatoms. The monoisotopic (exact) mass is 247 g/mol. The van der Waals surface area contributed by atoms with E-state index in [1.54, 1.807) is 0 Å². The quantitative estimate of drug-likeness (QED) is 0.872. The van der Waals surface area contributed by atoms with E-state index < -0.39 is 0 Å². The van der Waals surface area contributed by atoms with E-state index in [1.807, 2.05) is 19.1 Å². The van der Waals surface area contributed by atoms with Crippen molar-refractivity contribution >= 4 is 5.69 Å². The Morgan fingerprint density at radius 1 is 1.17 bits per heavy atom. The van der Waals surface area contributed by atoms with E-state index in [0.29, 0.717) is 6.04 Å². The van der Waals surface area contributed by atoms with Crippen LogP contribution in [0.5, 0.6) is 0 Å². The van der Waals surface area contributed by atoms with Crippen LogP contribution >= 0.6 is 0 Å². The van der Waals surface area contributed by atoms with Crippen LogP contribution in [-0.2, 0) is 0 Å². The lowest BCUT2D eigenvalue weighted by Crippen LogP contribution is -2.36. The van der Waals surface area contributed by atoms with Crippen molar-refractivity contribution in [3.8, 4) is 0 Å². The minimum Gasteiger partial charge on any atom is -0.389 e. The molecule has 1 N–H and O–H groups in total. The van der Waals surface area contributed by atoms with Crippen LogP contribution in [0.15, 0.2) is 24.3 Å². The third kappa shape index (κ3) is 3.05. The molecule has 1 aliphatic rings. The number of nitrogens with zero attached hydrogens (tertiary/aromatic N) is 1. The van der Waals surface area contributed by atoms with Crippen LogP contribution in [0, 0.1) is 0 Å². The summed E-state index contributed by atoms with van der Waals surface area (Å²) in [6, 6.07) is 9.11. The predicted octanol–water partition coefficient (Wildman–Crippen LogP) is 3.90. The Bertz CT molecular complexity index is 352. The van der Waals surface area contributed by atoms with Crippen molar-refractivity contribution in [2.75, 3.05) is 11.4 Å². The van der Waals surface area contributed by atoms with Crippen molar-refractivity contribution in [2.24, 2.45) is 0 Å². The van der Waals surface area contributed by atoms with E-state index in [-0.39, 0.29) is 6.10 Å². The first kappa shape index (κ1) is 13.4. The summed E-state index contributed by atoms with van der Waals surface area (Å²) >= 11 is 0. The highest BCUT2D eigenvalue weighted by Crippen LogP contribution is 2.28. The number of rotatable bonds is 4. The lowest BCUT2D eigenvalue weighted by molar-refractivity contribution is 0.199. The maximum absolute atomic E-state index is 9.55. The summed E-state index contributed by atoms with van der Waals surface area (Å²) in [5.74, 6) is 0. The van der Waals surface area contributed by atoms with Crippen molar-refractivity contribution in [3.63, 3.8) is 0 Å². The molecule has 1 aromatic carbocycles. The molecular weight excluding hydrogens is 222 g/mol. The summed E-state index contributed by atoms with van der Waals surface area (Å²) in [7, 11) is 0. The fourth-order valence-electron chi connectivity index (χ4n) is 2.99. The van der Waals surface area contributed by atoms with E-state index >= 15 is 0 Å². The average molecular weight is 247 g/mol. The Kier molecular flexibility index (Phi) is 4.65.